The summed E-state index contributed by atoms with van der Waals surface area (Å²) >= 11 is 0. The number of nitrogens with one attached hydrogen (secondary N) is 1. The maximum Gasteiger partial charge on any atom is 0.286 e. The van der Waals surface area contributed by atoms with Crippen molar-refractivity contribution in [2.24, 2.45) is 10.3 Å². The summed E-state index contributed by atoms with van der Waals surface area (Å²) in [6, 6.07) is 12.7. The van der Waals surface area contributed by atoms with Crippen molar-refractivity contribution in [3.05, 3.63) is 64.4 Å². The van der Waals surface area contributed by atoms with Crippen molar-refractivity contribution < 1.29 is 21.9 Å². The lowest BCUT2D eigenvalue weighted by atomic mass is 10.1. The van der Waals surface area contributed by atoms with Gasteiger partial charge in [0.2, 0.25) is 10.0 Å². The highest BCUT2D eigenvalue weighted by Crippen LogP contribution is 2.35. The van der Waals surface area contributed by atoms with Gasteiger partial charge in [-0.25, -0.2) is 13.1 Å². The van der Waals surface area contributed by atoms with Crippen molar-refractivity contribution in [3.8, 4) is 17.0 Å². The van der Waals surface area contributed by atoms with E-state index in [4.69, 9.17) is 0 Å². The Bertz CT molecular complexity index is 1660. The molecule has 0 spiro atoms. The summed E-state index contributed by atoms with van der Waals surface area (Å²) < 4.78 is 56.1. The van der Waals surface area contributed by atoms with E-state index in [0.717, 1.165) is 10.6 Å². The third-order valence-electron chi connectivity index (χ3n) is 5.90. The molecule has 0 atom stereocenters. The van der Waals surface area contributed by atoms with E-state index in [1.54, 1.807) is 30.3 Å². The van der Waals surface area contributed by atoms with Gasteiger partial charge in [0.05, 0.1) is 17.6 Å². The number of anilines is 2. The molecule has 0 radical (unpaired) electrons. The minimum atomic E-state index is -4.37. The molecule has 37 heavy (non-hydrogen) atoms. The molecule has 2 aromatic carbocycles. The molecule has 3 aromatic rings. The minimum absolute atomic E-state index is 0.0845. The molecule has 13 heteroatoms. The van der Waals surface area contributed by atoms with Crippen LogP contribution in [0, 0.1) is 5.92 Å². The molecule has 0 fully saturated rings. The van der Waals surface area contributed by atoms with Gasteiger partial charge in [0.15, 0.2) is 11.6 Å². The second-order valence-corrected chi connectivity index (χ2v) is 12.7. The number of fused-ring (bicyclic) bond motifs is 1. The number of aromatic hydroxyl groups is 1. The van der Waals surface area contributed by atoms with Gasteiger partial charge in [0.25, 0.3) is 15.6 Å². The van der Waals surface area contributed by atoms with Crippen LogP contribution in [0.25, 0.3) is 11.3 Å². The zero-order valence-corrected chi connectivity index (χ0v) is 22.3. The van der Waals surface area contributed by atoms with Crippen LogP contribution in [0.1, 0.15) is 25.8 Å². The lowest BCUT2D eigenvalue weighted by Crippen LogP contribution is -2.34. The van der Waals surface area contributed by atoms with Crippen LogP contribution in [0.4, 0.5) is 11.4 Å². The molecule has 0 saturated heterocycles. The van der Waals surface area contributed by atoms with Crippen LogP contribution in [0.3, 0.4) is 0 Å². The molecule has 1 aromatic heterocycles. The average Bonchev–Trinajstić information content (AvgIpc) is 2.82. The topological polar surface area (TPSA) is 151 Å². The maximum atomic E-state index is 13.4. The quantitative estimate of drug-likeness (QED) is 0.460. The molecule has 0 bridgehead atoms. The molecule has 0 amide bonds. The van der Waals surface area contributed by atoms with Crippen molar-refractivity contribution in [2.75, 3.05) is 22.9 Å². The molecule has 196 valence electrons. The van der Waals surface area contributed by atoms with Crippen molar-refractivity contribution in [1.29, 1.82) is 0 Å². The number of rotatable bonds is 7. The monoisotopic (exact) mass is 545 g/mol. The van der Waals surface area contributed by atoms with Crippen molar-refractivity contribution in [1.82, 2.24) is 9.78 Å². The summed E-state index contributed by atoms with van der Waals surface area (Å²) in [6.07, 6.45) is 1.62. The number of aromatic nitrogens is 2. The highest BCUT2D eigenvalue weighted by atomic mass is 32.2. The molecule has 4 rings (SSSR count). The first-order valence-corrected chi connectivity index (χ1v) is 14.7. The Kier molecular flexibility index (Phi) is 6.86. The van der Waals surface area contributed by atoms with Crippen molar-refractivity contribution >= 4 is 37.3 Å². The van der Waals surface area contributed by atoms with E-state index in [1.165, 1.54) is 29.9 Å². The lowest BCUT2D eigenvalue weighted by molar-refractivity contribution is 0.444. The van der Waals surface area contributed by atoms with E-state index in [9.17, 15) is 26.7 Å². The summed E-state index contributed by atoms with van der Waals surface area (Å²) in [6.45, 7) is 4.24. The molecule has 2 N–H and O–H groups in total. The molecule has 2 heterocycles. The van der Waals surface area contributed by atoms with Gasteiger partial charge >= 0.3 is 0 Å². The molecular weight excluding hydrogens is 518 g/mol. The van der Waals surface area contributed by atoms with Gasteiger partial charge < -0.3 is 10.4 Å². The Morgan fingerprint density at radius 1 is 1.14 bits per heavy atom. The van der Waals surface area contributed by atoms with Gasteiger partial charge in [-0.2, -0.15) is 13.5 Å². The van der Waals surface area contributed by atoms with Gasteiger partial charge in [0.1, 0.15) is 16.2 Å². The van der Waals surface area contributed by atoms with Gasteiger partial charge in [-0.3, -0.25) is 9.10 Å². The van der Waals surface area contributed by atoms with Crippen LogP contribution in [-0.2, 0) is 26.6 Å². The smallest absolute Gasteiger partial charge is 0.286 e. The Morgan fingerprint density at radius 3 is 2.43 bits per heavy atom. The normalized spacial score (nSPS) is 14.6. The van der Waals surface area contributed by atoms with Gasteiger partial charge in [-0.1, -0.05) is 44.2 Å². The predicted octanol–water partition coefficient (Wildman–Crippen LogP) is 2.62. The number of amidine groups is 1. The fourth-order valence-electron chi connectivity index (χ4n) is 3.74. The fourth-order valence-corrected chi connectivity index (χ4v) is 5.38. The maximum absolute atomic E-state index is 13.4. The van der Waals surface area contributed by atoms with Crippen LogP contribution in [-0.4, -0.2) is 50.9 Å². The summed E-state index contributed by atoms with van der Waals surface area (Å²) in [4.78, 5) is 13.2. The van der Waals surface area contributed by atoms with E-state index in [1.807, 2.05) is 13.8 Å². The Balaban J connectivity index is 1.89. The molecule has 1 aliphatic rings. The second-order valence-electron chi connectivity index (χ2n) is 9.10. The summed E-state index contributed by atoms with van der Waals surface area (Å²) in [5, 5.41) is 18.3. The standard InChI is InChI=1S/C24H27N5O6S2/c1-15(2)12-13-29-24(31)20(22(30)21(26-29)16-8-6-5-7-9-16)23-25-18-11-10-17(28(3)36(4,32)33)14-19(18)37(34,35)27-23/h5-11,14-15,30H,12-13H2,1-4H3,(H,25,27). The molecule has 1 aliphatic heterocycles. The van der Waals surface area contributed by atoms with Gasteiger partial charge in [-0.05, 0) is 30.5 Å². The summed E-state index contributed by atoms with van der Waals surface area (Å²) in [5.74, 6) is -0.588. The first-order valence-electron chi connectivity index (χ1n) is 11.4. The SMILES string of the molecule is CC(C)CCn1nc(-c2ccccc2)c(O)c(C2=NS(=O)(=O)c3cc(N(C)S(C)(=O)=O)ccc3N2)c1=O. The average molecular weight is 546 g/mol. The minimum Gasteiger partial charge on any atom is -0.505 e. The Morgan fingerprint density at radius 2 is 1.81 bits per heavy atom. The second kappa shape index (κ2) is 9.63. The van der Waals surface area contributed by atoms with Crippen molar-refractivity contribution in [3.63, 3.8) is 0 Å². The number of benzene rings is 2. The van der Waals surface area contributed by atoms with E-state index in [-0.39, 0.29) is 45.8 Å². The molecular formula is C24H27N5O6S2. The first-order chi connectivity index (χ1) is 17.3. The van der Waals surface area contributed by atoms with E-state index in [0.29, 0.717) is 12.0 Å². The van der Waals surface area contributed by atoms with E-state index in [2.05, 4.69) is 14.8 Å². The Labute approximate surface area is 215 Å². The number of hydrogen-bond acceptors (Lipinski definition) is 8. The zero-order valence-electron chi connectivity index (χ0n) is 20.7. The highest BCUT2D eigenvalue weighted by molar-refractivity contribution is 7.92. The van der Waals surface area contributed by atoms with Crippen LogP contribution in [0.15, 0.2) is 62.6 Å². The van der Waals surface area contributed by atoms with E-state index < -0.39 is 31.4 Å². The van der Waals surface area contributed by atoms with E-state index >= 15 is 0 Å². The molecule has 0 unspecified atom stereocenters. The number of sulfonamides is 2. The molecule has 0 aliphatic carbocycles. The molecule has 11 nitrogen and oxygen atoms in total. The predicted molar refractivity (Wildman–Crippen MR) is 142 cm³/mol. The summed E-state index contributed by atoms with van der Waals surface area (Å²) in [7, 11) is -6.70. The molecule has 0 saturated carbocycles. The highest BCUT2D eigenvalue weighted by Gasteiger charge is 2.31. The van der Waals surface area contributed by atoms with Crippen LogP contribution in [0.2, 0.25) is 0 Å². The van der Waals surface area contributed by atoms with Crippen LogP contribution >= 0.6 is 0 Å². The first kappa shape index (κ1) is 26.4. The number of aryl methyl sites for hydroxylation is 1. The van der Waals surface area contributed by atoms with Crippen LogP contribution < -0.4 is 15.2 Å². The zero-order chi connectivity index (χ0) is 27.1. The number of nitrogens with zero attached hydrogens (tertiary/aromatic N) is 4. The fraction of sp³-hybridized carbons (Fsp3) is 0.292. The Hall–Kier alpha value is -3.71. The third kappa shape index (κ3) is 5.23. The largest absolute Gasteiger partial charge is 0.505 e. The lowest BCUT2D eigenvalue weighted by Gasteiger charge is -2.22. The van der Waals surface area contributed by atoms with Gasteiger partial charge in [-0.15, -0.1) is 4.40 Å². The number of hydrogen-bond donors (Lipinski definition) is 2. The van der Waals surface area contributed by atoms with Gasteiger partial charge in [0, 0.05) is 19.2 Å². The third-order valence-corrected chi connectivity index (χ3v) is 8.42. The van der Waals surface area contributed by atoms with Crippen molar-refractivity contribution in [2.45, 2.75) is 31.7 Å². The van der Waals surface area contributed by atoms with Crippen LogP contribution in [0.5, 0.6) is 5.75 Å². The summed E-state index contributed by atoms with van der Waals surface area (Å²) in [5.41, 5.74) is -0.175.